The average Bonchev–Trinajstić information content (AvgIpc) is 2.45. The molecule has 5 nitrogen and oxygen atoms in total. The molecule has 0 atom stereocenters. The Hall–Kier alpha value is -1.46. The molecule has 1 aliphatic rings. The highest BCUT2D eigenvalue weighted by Gasteiger charge is 2.11. The number of hydrogen-bond donors (Lipinski definition) is 1. The zero-order valence-electron chi connectivity index (χ0n) is 11.3. The quantitative estimate of drug-likeness (QED) is 0.784. The summed E-state index contributed by atoms with van der Waals surface area (Å²) in [5.74, 6) is 0. The molecular formula is C14H22N4O. The number of nitrogens with zero attached hydrogens (tertiary/aromatic N) is 3. The van der Waals surface area contributed by atoms with Crippen LogP contribution in [0.3, 0.4) is 0 Å². The van der Waals surface area contributed by atoms with Gasteiger partial charge in [0.1, 0.15) is 6.61 Å². The largest absolute Gasteiger partial charge is 0.459 e. The predicted molar refractivity (Wildman–Crippen MR) is 74.8 cm³/mol. The molecule has 1 aromatic heterocycles. The van der Waals surface area contributed by atoms with E-state index in [1.807, 2.05) is 18.2 Å². The summed E-state index contributed by atoms with van der Waals surface area (Å²) in [6, 6.07) is 2.40. The molecule has 0 aliphatic carbocycles. The van der Waals surface area contributed by atoms with Gasteiger partial charge in [0.05, 0.1) is 5.69 Å². The van der Waals surface area contributed by atoms with Crippen LogP contribution in [0.4, 0.5) is 0 Å². The summed E-state index contributed by atoms with van der Waals surface area (Å²) < 4.78 is 5.45. The monoisotopic (exact) mass is 262 g/mol. The van der Waals surface area contributed by atoms with E-state index in [1.165, 1.54) is 32.4 Å². The maximum atomic E-state index is 5.45. The fourth-order valence-corrected chi connectivity index (χ4v) is 2.17. The van der Waals surface area contributed by atoms with Crippen LogP contribution in [0.5, 0.6) is 6.01 Å². The van der Waals surface area contributed by atoms with Crippen molar-refractivity contribution in [1.29, 1.82) is 0 Å². The van der Waals surface area contributed by atoms with Gasteiger partial charge in [-0.25, -0.2) is 4.98 Å². The average molecular weight is 262 g/mol. The lowest BCUT2D eigenvalue weighted by atomic mass is 10.1. The van der Waals surface area contributed by atoms with E-state index < -0.39 is 0 Å². The van der Waals surface area contributed by atoms with E-state index >= 15 is 0 Å². The second kappa shape index (κ2) is 7.86. The minimum Gasteiger partial charge on any atom is -0.459 e. The van der Waals surface area contributed by atoms with E-state index in [1.54, 1.807) is 6.20 Å². The van der Waals surface area contributed by atoms with Crippen LogP contribution in [-0.2, 0) is 6.54 Å². The summed E-state index contributed by atoms with van der Waals surface area (Å²) in [7, 11) is 0. The van der Waals surface area contributed by atoms with Gasteiger partial charge in [-0.05, 0) is 38.1 Å². The number of ether oxygens (including phenoxy) is 1. The number of hydrogen-bond acceptors (Lipinski definition) is 5. The van der Waals surface area contributed by atoms with Gasteiger partial charge in [0.15, 0.2) is 0 Å². The van der Waals surface area contributed by atoms with Crippen LogP contribution in [-0.4, -0.2) is 41.1 Å². The summed E-state index contributed by atoms with van der Waals surface area (Å²) in [6.45, 7) is 4.21. The predicted octanol–water partition coefficient (Wildman–Crippen LogP) is 1.36. The molecule has 2 N–H and O–H groups in total. The maximum Gasteiger partial charge on any atom is 0.316 e. The molecule has 0 aromatic carbocycles. The van der Waals surface area contributed by atoms with E-state index in [4.69, 9.17) is 10.5 Å². The molecular weight excluding hydrogens is 240 g/mol. The van der Waals surface area contributed by atoms with E-state index in [9.17, 15) is 0 Å². The summed E-state index contributed by atoms with van der Waals surface area (Å²) in [4.78, 5) is 11.0. The molecule has 1 saturated heterocycles. The molecule has 2 heterocycles. The van der Waals surface area contributed by atoms with E-state index in [0.717, 1.165) is 12.2 Å². The first-order valence-electron chi connectivity index (χ1n) is 6.90. The minimum absolute atomic E-state index is 0.441. The van der Waals surface area contributed by atoms with Gasteiger partial charge in [-0.1, -0.05) is 12.5 Å². The third kappa shape index (κ3) is 4.96. The van der Waals surface area contributed by atoms with Gasteiger partial charge in [-0.15, -0.1) is 0 Å². The first-order chi connectivity index (χ1) is 9.38. The fraction of sp³-hybridized carbons (Fsp3) is 0.571. The number of aromatic nitrogens is 2. The van der Waals surface area contributed by atoms with Crippen molar-refractivity contribution in [3.05, 3.63) is 30.1 Å². The molecule has 0 unspecified atom stereocenters. The molecule has 0 amide bonds. The third-order valence-corrected chi connectivity index (χ3v) is 3.14. The lowest BCUT2D eigenvalue weighted by Crippen LogP contribution is -2.29. The topological polar surface area (TPSA) is 64.3 Å². The van der Waals surface area contributed by atoms with E-state index in [0.29, 0.717) is 19.2 Å². The highest BCUT2D eigenvalue weighted by molar-refractivity contribution is 5.06. The van der Waals surface area contributed by atoms with Crippen LogP contribution < -0.4 is 10.5 Å². The molecule has 0 bridgehead atoms. The fourth-order valence-electron chi connectivity index (χ4n) is 2.17. The van der Waals surface area contributed by atoms with Crippen molar-refractivity contribution < 1.29 is 4.74 Å². The molecule has 104 valence electrons. The number of likely N-dealkylation sites (tertiary alicyclic amines) is 1. The highest BCUT2D eigenvalue weighted by Crippen LogP contribution is 2.12. The summed E-state index contributed by atoms with van der Waals surface area (Å²) >= 11 is 0. The molecule has 1 aliphatic heterocycles. The summed E-state index contributed by atoms with van der Waals surface area (Å²) in [5, 5.41) is 0. The Kier molecular flexibility index (Phi) is 5.78. The van der Waals surface area contributed by atoms with Crippen LogP contribution in [0.15, 0.2) is 24.4 Å². The van der Waals surface area contributed by atoms with Crippen LogP contribution in [0.1, 0.15) is 25.0 Å². The molecule has 2 rings (SSSR count). The maximum absolute atomic E-state index is 5.45. The molecule has 5 heteroatoms. The van der Waals surface area contributed by atoms with Gasteiger partial charge < -0.3 is 10.5 Å². The van der Waals surface area contributed by atoms with Crippen molar-refractivity contribution in [1.82, 2.24) is 14.9 Å². The van der Waals surface area contributed by atoms with Crippen LogP contribution in [0, 0.1) is 0 Å². The number of piperidine rings is 1. The van der Waals surface area contributed by atoms with Gasteiger partial charge in [-0.2, -0.15) is 4.98 Å². The molecule has 19 heavy (non-hydrogen) atoms. The van der Waals surface area contributed by atoms with Crippen LogP contribution in [0.2, 0.25) is 0 Å². The first kappa shape index (κ1) is 14.0. The number of nitrogens with two attached hydrogens (primary N) is 1. The van der Waals surface area contributed by atoms with Crippen molar-refractivity contribution >= 4 is 0 Å². The first-order valence-corrected chi connectivity index (χ1v) is 6.90. The Labute approximate surface area is 114 Å². The lowest BCUT2D eigenvalue weighted by molar-refractivity contribution is 0.217. The smallest absolute Gasteiger partial charge is 0.316 e. The minimum atomic E-state index is 0.441. The molecule has 0 spiro atoms. The lowest BCUT2D eigenvalue weighted by Gasteiger charge is -2.25. The Balaban J connectivity index is 1.85. The standard InChI is InChI=1S/C14H22N4O/c15-7-2-5-11-19-14-16-8-6-13(17-14)12-18-9-3-1-4-10-18/h2,5-6,8H,1,3-4,7,9-12,15H2/b5-2+. The zero-order valence-corrected chi connectivity index (χ0v) is 11.3. The normalized spacial score (nSPS) is 16.9. The van der Waals surface area contributed by atoms with Crippen molar-refractivity contribution in [2.75, 3.05) is 26.2 Å². The second-order valence-electron chi connectivity index (χ2n) is 4.69. The SMILES string of the molecule is NC/C=C/COc1nccc(CN2CCCCC2)n1. The Morgan fingerprint density at radius 3 is 2.89 bits per heavy atom. The Morgan fingerprint density at radius 1 is 1.26 bits per heavy atom. The van der Waals surface area contributed by atoms with Crippen molar-refractivity contribution in [2.45, 2.75) is 25.8 Å². The Bertz CT molecular complexity index is 402. The van der Waals surface area contributed by atoms with Gasteiger partial charge in [-0.3, -0.25) is 4.90 Å². The Morgan fingerprint density at radius 2 is 2.11 bits per heavy atom. The highest BCUT2D eigenvalue weighted by atomic mass is 16.5. The molecule has 1 fully saturated rings. The second-order valence-corrected chi connectivity index (χ2v) is 4.69. The van der Waals surface area contributed by atoms with E-state index in [2.05, 4.69) is 14.9 Å². The van der Waals surface area contributed by atoms with Gasteiger partial charge in [0.2, 0.25) is 0 Å². The summed E-state index contributed by atoms with van der Waals surface area (Å²) in [6.07, 6.45) is 9.42. The van der Waals surface area contributed by atoms with Gasteiger partial charge >= 0.3 is 6.01 Å². The van der Waals surface area contributed by atoms with Crippen molar-refractivity contribution in [3.63, 3.8) is 0 Å². The van der Waals surface area contributed by atoms with Gasteiger partial charge in [0.25, 0.3) is 0 Å². The molecule has 0 radical (unpaired) electrons. The zero-order chi connectivity index (χ0) is 13.3. The van der Waals surface area contributed by atoms with E-state index in [-0.39, 0.29) is 0 Å². The van der Waals surface area contributed by atoms with Gasteiger partial charge in [0, 0.05) is 19.3 Å². The molecule has 0 saturated carbocycles. The van der Waals surface area contributed by atoms with Crippen molar-refractivity contribution in [3.8, 4) is 6.01 Å². The number of rotatable bonds is 6. The molecule has 1 aromatic rings. The van der Waals surface area contributed by atoms with Crippen LogP contribution >= 0.6 is 0 Å². The summed E-state index contributed by atoms with van der Waals surface area (Å²) in [5.41, 5.74) is 6.38. The third-order valence-electron chi connectivity index (χ3n) is 3.14. The van der Waals surface area contributed by atoms with Crippen molar-refractivity contribution in [2.24, 2.45) is 5.73 Å². The van der Waals surface area contributed by atoms with Crippen LogP contribution in [0.25, 0.3) is 0 Å².